The molecule has 4 heteroatoms. The van der Waals surface area contributed by atoms with E-state index in [0.717, 1.165) is 59.5 Å². The van der Waals surface area contributed by atoms with E-state index in [1.54, 1.807) is 0 Å². The Hall–Kier alpha value is -3.19. The number of nitrogens with one attached hydrogen (secondary N) is 1. The number of benzene rings is 2. The van der Waals surface area contributed by atoms with Crippen LogP contribution in [-0.2, 0) is 19.3 Å². The van der Waals surface area contributed by atoms with E-state index in [9.17, 15) is 10.1 Å². The lowest BCUT2D eigenvalue weighted by Gasteiger charge is -2.12. The number of unbranched alkanes of at least 4 members (excludes halogenated alkanes) is 1. The lowest BCUT2D eigenvalue weighted by Crippen LogP contribution is -2.21. The number of hydrogen-bond donors (Lipinski definition) is 1. The van der Waals surface area contributed by atoms with Crippen LogP contribution in [0.5, 0.6) is 0 Å². The molecule has 4 rings (SSSR count). The van der Waals surface area contributed by atoms with Crippen molar-refractivity contribution in [2.24, 2.45) is 5.92 Å². The summed E-state index contributed by atoms with van der Waals surface area (Å²) in [6, 6.07) is 18.1. The first-order valence-corrected chi connectivity index (χ1v) is 10.9. The van der Waals surface area contributed by atoms with Gasteiger partial charge in [-0.2, -0.15) is 5.26 Å². The van der Waals surface area contributed by atoms with E-state index < -0.39 is 0 Å². The fourth-order valence-corrected chi connectivity index (χ4v) is 3.89. The van der Waals surface area contributed by atoms with Crippen LogP contribution >= 0.6 is 0 Å². The minimum absolute atomic E-state index is 0.0302. The van der Waals surface area contributed by atoms with Crippen LogP contribution in [0.15, 0.2) is 53.3 Å². The zero-order valence-electron chi connectivity index (χ0n) is 17.4. The minimum atomic E-state index is -0.0302. The number of hydrogen-bond acceptors (Lipinski definition) is 3. The highest BCUT2D eigenvalue weighted by molar-refractivity contribution is 5.71. The molecule has 4 nitrogen and oxygen atoms in total. The number of nitrogens with zero attached hydrogens (tertiary/aromatic N) is 2. The number of aromatic amines is 1. The Kier molecular flexibility index (Phi) is 6.09. The smallest absolute Gasteiger partial charge is 0.254 e. The van der Waals surface area contributed by atoms with E-state index in [2.05, 4.69) is 18.0 Å². The third-order valence-electron chi connectivity index (χ3n) is 5.77. The second kappa shape index (κ2) is 9.09. The molecule has 1 aliphatic carbocycles. The molecule has 152 valence electrons. The third kappa shape index (κ3) is 4.68. The summed E-state index contributed by atoms with van der Waals surface area (Å²) in [6.45, 7) is 2.15. The van der Waals surface area contributed by atoms with Gasteiger partial charge in [-0.25, -0.2) is 4.98 Å². The molecule has 0 aliphatic heterocycles. The van der Waals surface area contributed by atoms with Crippen LogP contribution < -0.4 is 5.56 Å². The molecule has 1 saturated carbocycles. The molecule has 0 radical (unpaired) electrons. The van der Waals surface area contributed by atoms with E-state index in [-0.39, 0.29) is 5.56 Å². The van der Waals surface area contributed by atoms with Crippen LogP contribution in [0.1, 0.15) is 60.8 Å². The van der Waals surface area contributed by atoms with Gasteiger partial charge >= 0.3 is 0 Å². The molecule has 1 N–H and O–H groups in total. The van der Waals surface area contributed by atoms with Crippen molar-refractivity contribution in [1.29, 1.82) is 5.26 Å². The van der Waals surface area contributed by atoms with Gasteiger partial charge in [0.05, 0.1) is 17.3 Å². The molecule has 2 aromatic carbocycles. The maximum atomic E-state index is 12.9. The number of nitriles is 1. The van der Waals surface area contributed by atoms with Gasteiger partial charge in [-0.05, 0) is 54.4 Å². The van der Waals surface area contributed by atoms with Gasteiger partial charge in [-0.3, -0.25) is 4.79 Å². The van der Waals surface area contributed by atoms with Gasteiger partial charge in [-0.15, -0.1) is 0 Å². The summed E-state index contributed by atoms with van der Waals surface area (Å²) in [6.07, 6.45) is 6.74. The highest BCUT2D eigenvalue weighted by Gasteiger charge is 2.23. The normalized spacial score (nSPS) is 13.2. The summed E-state index contributed by atoms with van der Waals surface area (Å²) in [5.41, 5.74) is 5.15. The van der Waals surface area contributed by atoms with Gasteiger partial charge in [0.1, 0.15) is 5.82 Å². The van der Waals surface area contributed by atoms with Crippen molar-refractivity contribution >= 4 is 0 Å². The number of rotatable bonds is 8. The lowest BCUT2D eigenvalue weighted by molar-refractivity contribution is 0.713. The maximum absolute atomic E-state index is 12.9. The Balaban J connectivity index is 1.66. The quantitative estimate of drug-likeness (QED) is 0.568. The SMILES string of the molecule is CCCCc1nc(CC2CC2)[nH]c(=O)c1Cc1ccc(-c2ccccc2)c(C#N)c1. The first-order chi connectivity index (χ1) is 14.7. The Morgan fingerprint density at radius 2 is 1.97 bits per heavy atom. The highest BCUT2D eigenvalue weighted by Crippen LogP contribution is 2.31. The molecule has 3 aromatic rings. The molecular formula is C26H27N3O. The molecule has 30 heavy (non-hydrogen) atoms. The van der Waals surface area contributed by atoms with Crippen LogP contribution in [-0.4, -0.2) is 9.97 Å². The van der Waals surface area contributed by atoms with Gasteiger partial charge < -0.3 is 4.98 Å². The molecule has 0 amide bonds. The Bertz CT molecular complexity index is 1120. The van der Waals surface area contributed by atoms with Crippen molar-refractivity contribution in [3.05, 3.63) is 87.1 Å². The summed E-state index contributed by atoms with van der Waals surface area (Å²) in [7, 11) is 0. The molecule has 0 unspecified atom stereocenters. The average molecular weight is 398 g/mol. The van der Waals surface area contributed by atoms with Crippen molar-refractivity contribution in [2.45, 2.75) is 51.9 Å². The van der Waals surface area contributed by atoms with Crippen LogP contribution in [0.3, 0.4) is 0 Å². The predicted octanol–water partition coefficient (Wildman–Crippen LogP) is 5.19. The predicted molar refractivity (Wildman–Crippen MR) is 119 cm³/mol. The van der Waals surface area contributed by atoms with E-state index in [4.69, 9.17) is 4.98 Å². The molecule has 0 saturated heterocycles. The second-order valence-electron chi connectivity index (χ2n) is 8.22. The zero-order chi connectivity index (χ0) is 20.9. The zero-order valence-corrected chi connectivity index (χ0v) is 17.4. The summed E-state index contributed by atoms with van der Waals surface area (Å²) in [4.78, 5) is 20.8. The number of H-pyrrole nitrogens is 1. The van der Waals surface area contributed by atoms with Gasteiger partial charge in [0.15, 0.2) is 0 Å². The monoisotopic (exact) mass is 397 g/mol. The van der Waals surface area contributed by atoms with Crippen molar-refractivity contribution < 1.29 is 0 Å². The third-order valence-corrected chi connectivity index (χ3v) is 5.77. The molecule has 0 atom stereocenters. The largest absolute Gasteiger partial charge is 0.310 e. The molecular weight excluding hydrogens is 370 g/mol. The van der Waals surface area contributed by atoms with Crippen molar-refractivity contribution in [1.82, 2.24) is 9.97 Å². The first kappa shape index (κ1) is 20.1. The first-order valence-electron chi connectivity index (χ1n) is 10.9. The minimum Gasteiger partial charge on any atom is -0.310 e. The van der Waals surface area contributed by atoms with Crippen molar-refractivity contribution in [3.8, 4) is 17.2 Å². The molecule has 0 spiro atoms. The molecule has 1 fully saturated rings. The van der Waals surface area contributed by atoms with E-state index in [1.165, 1.54) is 12.8 Å². The summed E-state index contributed by atoms with van der Waals surface area (Å²) in [5, 5.41) is 9.69. The van der Waals surface area contributed by atoms with Crippen LogP contribution in [0.4, 0.5) is 0 Å². The van der Waals surface area contributed by atoms with Gasteiger partial charge in [0.25, 0.3) is 5.56 Å². The van der Waals surface area contributed by atoms with E-state index >= 15 is 0 Å². The number of aryl methyl sites for hydroxylation is 1. The van der Waals surface area contributed by atoms with E-state index in [0.29, 0.717) is 17.9 Å². The summed E-state index contributed by atoms with van der Waals surface area (Å²) < 4.78 is 0. The Morgan fingerprint density at radius 1 is 1.17 bits per heavy atom. The maximum Gasteiger partial charge on any atom is 0.254 e. The Labute approximate surface area is 177 Å². The van der Waals surface area contributed by atoms with Crippen molar-refractivity contribution in [3.63, 3.8) is 0 Å². The lowest BCUT2D eigenvalue weighted by atomic mass is 9.95. The molecule has 1 aromatic heterocycles. The summed E-state index contributed by atoms with van der Waals surface area (Å²) >= 11 is 0. The van der Waals surface area contributed by atoms with Crippen LogP contribution in [0, 0.1) is 17.2 Å². The molecule has 1 heterocycles. The Morgan fingerprint density at radius 3 is 2.67 bits per heavy atom. The number of aromatic nitrogens is 2. The average Bonchev–Trinajstić information content (AvgIpc) is 3.58. The fourth-order valence-electron chi connectivity index (χ4n) is 3.89. The van der Waals surface area contributed by atoms with Crippen LogP contribution in [0.25, 0.3) is 11.1 Å². The van der Waals surface area contributed by atoms with Gasteiger partial charge in [0, 0.05) is 18.4 Å². The standard InChI is InChI=1S/C26H27N3O/c1-2-3-9-24-23(26(30)29-25(28-24)16-18-10-11-18)15-19-12-13-22(21(14-19)17-27)20-7-5-4-6-8-20/h4-8,12-14,18H,2-3,9-11,15-16H2,1H3,(H,28,29,30). The van der Waals surface area contributed by atoms with E-state index in [1.807, 2.05) is 48.5 Å². The van der Waals surface area contributed by atoms with Gasteiger partial charge in [0.2, 0.25) is 0 Å². The fraction of sp³-hybridized carbons (Fsp3) is 0.346. The molecule has 0 bridgehead atoms. The molecule has 1 aliphatic rings. The second-order valence-corrected chi connectivity index (χ2v) is 8.22. The van der Waals surface area contributed by atoms with Crippen LogP contribution in [0.2, 0.25) is 0 Å². The summed E-state index contributed by atoms with van der Waals surface area (Å²) in [5.74, 6) is 1.51. The van der Waals surface area contributed by atoms with Gasteiger partial charge in [-0.1, -0.05) is 55.8 Å². The van der Waals surface area contributed by atoms with Crippen molar-refractivity contribution in [2.75, 3.05) is 0 Å². The highest BCUT2D eigenvalue weighted by atomic mass is 16.1. The topological polar surface area (TPSA) is 69.5 Å².